The average molecular weight is 290 g/mol. The van der Waals surface area contributed by atoms with Crippen molar-refractivity contribution < 1.29 is 13.5 Å². The maximum absolute atomic E-state index is 13.7. The second-order valence-electron chi connectivity index (χ2n) is 5.10. The van der Waals surface area contributed by atoms with Gasteiger partial charge in [-0.25, -0.2) is 13.8 Å². The number of hydrogen-bond donors (Lipinski definition) is 1. The Kier molecular flexibility index (Phi) is 4.10. The van der Waals surface area contributed by atoms with Gasteiger partial charge in [0.25, 0.3) is 0 Å². The summed E-state index contributed by atoms with van der Waals surface area (Å²) in [5, 5.41) is 3.30. The van der Waals surface area contributed by atoms with Crippen LogP contribution in [0.1, 0.15) is 24.3 Å². The van der Waals surface area contributed by atoms with E-state index >= 15 is 0 Å². The Morgan fingerprint density at radius 1 is 1.14 bits per heavy atom. The van der Waals surface area contributed by atoms with Gasteiger partial charge in [-0.15, -0.1) is 0 Å². The molecule has 0 radical (unpaired) electrons. The van der Waals surface area contributed by atoms with Crippen LogP contribution in [0.25, 0.3) is 0 Å². The largest absolute Gasteiger partial charge is 0.436 e. The molecule has 1 aromatic heterocycles. The highest BCUT2D eigenvalue weighted by Crippen LogP contribution is 2.34. The quantitative estimate of drug-likeness (QED) is 0.937. The van der Waals surface area contributed by atoms with Crippen LogP contribution >= 0.6 is 0 Å². The number of aromatic nitrogens is 1. The highest BCUT2D eigenvalue weighted by molar-refractivity contribution is 5.35. The molecule has 1 N–H and O–H groups in total. The maximum Gasteiger partial charge on any atom is 0.222 e. The van der Waals surface area contributed by atoms with Gasteiger partial charge < -0.3 is 10.1 Å². The summed E-state index contributed by atoms with van der Waals surface area (Å²) in [6.07, 6.45) is 3.55. The van der Waals surface area contributed by atoms with Crippen molar-refractivity contribution in [2.45, 2.75) is 18.8 Å². The standard InChI is InChI=1S/C16H16F2N2O/c17-12-3-4-14(18)15(10-12)21-16-13(2-1-7-20-16)11-5-8-19-9-6-11/h1-4,7,10-11,19H,5-6,8-9H2. The molecule has 0 atom stereocenters. The molecule has 110 valence electrons. The number of rotatable bonds is 3. The first-order valence-electron chi connectivity index (χ1n) is 7.02. The SMILES string of the molecule is Fc1ccc(F)c(Oc2ncccc2C2CCNCC2)c1. The van der Waals surface area contributed by atoms with E-state index in [-0.39, 0.29) is 5.75 Å². The van der Waals surface area contributed by atoms with E-state index in [2.05, 4.69) is 10.3 Å². The number of nitrogens with one attached hydrogen (secondary N) is 1. The Balaban J connectivity index is 1.89. The van der Waals surface area contributed by atoms with Gasteiger partial charge in [-0.3, -0.25) is 0 Å². The van der Waals surface area contributed by atoms with Crippen LogP contribution in [-0.4, -0.2) is 18.1 Å². The third kappa shape index (κ3) is 3.19. The van der Waals surface area contributed by atoms with E-state index in [0.717, 1.165) is 49.7 Å². The van der Waals surface area contributed by atoms with Crippen molar-refractivity contribution in [2.24, 2.45) is 0 Å². The summed E-state index contributed by atoms with van der Waals surface area (Å²) in [5.74, 6) is -0.589. The first-order valence-corrected chi connectivity index (χ1v) is 7.02. The lowest BCUT2D eigenvalue weighted by atomic mass is 9.91. The van der Waals surface area contributed by atoms with E-state index in [1.807, 2.05) is 12.1 Å². The van der Waals surface area contributed by atoms with Gasteiger partial charge in [0, 0.05) is 17.8 Å². The molecule has 1 aliphatic heterocycles. The minimum atomic E-state index is -0.599. The lowest BCUT2D eigenvalue weighted by Gasteiger charge is -2.24. The first-order chi connectivity index (χ1) is 10.2. The number of nitrogens with zero attached hydrogens (tertiary/aromatic N) is 1. The zero-order valence-corrected chi connectivity index (χ0v) is 11.5. The number of benzene rings is 1. The Hall–Kier alpha value is -2.01. The van der Waals surface area contributed by atoms with Gasteiger partial charge >= 0.3 is 0 Å². The van der Waals surface area contributed by atoms with Crippen LogP contribution < -0.4 is 10.1 Å². The summed E-state index contributed by atoms with van der Waals surface area (Å²) in [7, 11) is 0. The number of pyridine rings is 1. The summed E-state index contributed by atoms with van der Waals surface area (Å²) in [4.78, 5) is 4.19. The highest BCUT2D eigenvalue weighted by Gasteiger charge is 2.20. The molecule has 1 saturated heterocycles. The van der Waals surface area contributed by atoms with Gasteiger partial charge in [0.05, 0.1) is 0 Å². The fraction of sp³-hybridized carbons (Fsp3) is 0.312. The van der Waals surface area contributed by atoms with E-state index in [0.29, 0.717) is 11.8 Å². The smallest absolute Gasteiger partial charge is 0.222 e. The molecule has 0 spiro atoms. The highest BCUT2D eigenvalue weighted by atomic mass is 19.1. The lowest BCUT2D eigenvalue weighted by Crippen LogP contribution is -2.26. The molecule has 0 unspecified atom stereocenters. The van der Waals surface area contributed by atoms with Gasteiger partial charge in [-0.05, 0) is 50.0 Å². The van der Waals surface area contributed by atoms with Crippen molar-refractivity contribution in [1.29, 1.82) is 0 Å². The van der Waals surface area contributed by atoms with Crippen LogP contribution in [0.5, 0.6) is 11.6 Å². The summed E-state index contributed by atoms with van der Waals surface area (Å²) >= 11 is 0. The zero-order valence-electron chi connectivity index (χ0n) is 11.5. The van der Waals surface area contributed by atoms with Gasteiger partial charge in [0.1, 0.15) is 5.82 Å². The van der Waals surface area contributed by atoms with Gasteiger partial charge in [0.15, 0.2) is 11.6 Å². The third-order valence-electron chi connectivity index (χ3n) is 3.68. The molecule has 2 aromatic rings. The van der Waals surface area contributed by atoms with Crippen LogP contribution in [0.3, 0.4) is 0 Å². The molecular weight excluding hydrogens is 274 g/mol. The predicted octanol–water partition coefficient (Wildman–Crippen LogP) is 3.62. The minimum absolute atomic E-state index is 0.135. The summed E-state index contributed by atoms with van der Waals surface area (Å²) in [6, 6.07) is 6.93. The molecule has 21 heavy (non-hydrogen) atoms. The topological polar surface area (TPSA) is 34.1 Å². The normalized spacial score (nSPS) is 15.9. The first kappa shape index (κ1) is 13.9. The molecule has 0 aliphatic carbocycles. The van der Waals surface area contributed by atoms with E-state index < -0.39 is 11.6 Å². The second-order valence-corrected chi connectivity index (χ2v) is 5.10. The van der Waals surface area contributed by atoms with E-state index in [1.54, 1.807) is 6.20 Å². The Labute approximate surface area is 122 Å². The molecule has 0 bridgehead atoms. The molecule has 3 nitrogen and oxygen atoms in total. The lowest BCUT2D eigenvalue weighted by molar-refractivity contribution is 0.398. The fourth-order valence-corrected chi connectivity index (χ4v) is 2.59. The number of piperidine rings is 1. The van der Waals surface area contributed by atoms with Gasteiger partial charge in [0.2, 0.25) is 5.88 Å². The third-order valence-corrected chi connectivity index (χ3v) is 3.68. The Bertz CT molecular complexity index is 627. The molecule has 1 aliphatic rings. The molecule has 1 aromatic carbocycles. The summed E-state index contributed by atoms with van der Waals surface area (Å²) in [5.41, 5.74) is 0.947. The van der Waals surface area contributed by atoms with Crippen molar-refractivity contribution >= 4 is 0 Å². The minimum Gasteiger partial charge on any atom is -0.436 e. The second kappa shape index (κ2) is 6.18. The van der Waals surface area contributed by atoms with E-state index in [1.165, 1.54) is 0 Å². The molecule has 0 amide bonds. The van der Waals surface area contributed by atoms with Crippen molar-refractivity contribution in [1.82, 2.24) is 10.3 Å². The van der Waals surface area contributed by atoms with Crippen LogP contribution in [0.15, 0.2) is 36.5 Å². The van der Waals surface area contributed by atoms with E-state index in [9.17, 15) is 8.78 Å². The van der Waals surface area contributed by atoms with Crippen LogP contribution in [0.4, 0.5) is 8.78 Å². The van der Waals surface area contributed by atoms with Crippen LogP contribution in [0, 0.1) is 11.6 Å². The predicted molar refractivity (Wildman–Crippen MR) is 75.5 cm³/mol. The zero-order chi connectivity index (χ0) is 14.7. The average Bonchev–Trinajstić information content (AvgIpc) is 2.52. The molecule has 5 heteroatoms. The van der Waals surface area contributed by atoms with Crippen molar-refractivity contribution in [2.75, 3.05) is 13.1 Å². The van der Waals surface area contributed by atoms with E-state index in [4.69, 9.17) is 4.74 Å². The Morgan fingerprint density at radius 3 is 2.76 bits per heavy atom. The fourth-order valence-electron chi connectivity index (χ4n) is 2.59. The van der Waals surface area contributed by atoms with Crippen molar-refractivity contribution in [3.8, 4) is 11.6 Å². The van der Waals surface area contributed by atoms with Crippen LogP contribution in [0.2, 0.25) is 0 Å². The molecule has 2 heterocycles. The summed E-state index contributed by atoms with van der Waals surface area (Å²) in [6.45, 7) is 1.88. The van der Waals surface area contributed by atoms with Gasteiger partial charge in [-0.2, -0.15) is 0 Å². The Morgan fingerprint density at radius 2 is 1.95 bits per heavy atom. The number of ether oxygens (including phenoxy) is 1. The maximum atomic E-state index is 13.7. The number of halogens is 2. The number of hydrogen-bond acceptors (Lipinski definition) is 3. The molecule has 1 fully saturated rings. The van der Waals surface area contributed by atoms with Crippen molar-refractivity contribution in [3.63, 3.8) is 0 Å². The molecule has 3 rings (SSSR count). The summed E-state index contributed by atoms with van der Waals surface area (Å²) < 4.78 is 32.5. The monoisotopic (exact) mass is 290 g/mol. The van der Waals surface area contributed by atoms with Gasteiger partial charge in [-0.1, -0.05) is 6.07 Å². The van der Waals surface area contributed by atoms with Crippen molar-refractivity contribution in [3.05, 3.63) is 53.7 Å². The van der Waals surface area contributed by atoms with Crippen LogP contribution in [-0.2, 0) is 0 Å². The molecular formula is C16H16F2N2O. The molecule has 0 saturated carbocycles.